The van der Waals surface area contributed by atoms with Crippen molar-refractivity contribution in [3.8, 4) is 0 Å². The summed E-state index contributed by atoms with van der Waals surface area (Å²) in [6.07, 6.45) is 0.476. The first-order valence-electron chi connectivity index (χ1n) is 7.47. The van der Waals surface area contributed by atoms with Gasteiger partial charge in [0.05, 0.1) is 11.4 Å². The number of hydrogen-bond donors (Lipinski definition) is 0. The van der Waals surface area contributed by atoms with E-state index in [2.05, 4.69) is 10.3 Å². The van der Waals surface area contributed by atoms with E-state index >= 15 is 0 Å². The number of amidine groups is 1. The third kappa shape index (κ3) is 2.17. The highest BCUT2D eigenvalue weighted by atomic mass is 16.2. The monoisotopic (exact) mass is 290 g/mol. The summed E-state index contributed by atoms with van der Waals surface area (Å²) in [5.41, 5.74) is 3.95. The van der Waals surface area contributed by atoms with Gasteiger partial charge in [-0.05, 0) is 31.2 Å². The van der Waals surface area contributed by atoms with Gasteiger partial charge in [-0.15, -0.1) is 0 Å². The summed E-state index contributed by atoms with van der Waals surface area (Å²) in [7, 11) is 0. The van der Waals surface area contributed by atoms with Gasteiger partial charge in [0, 0.05) is 24.6 Å². The molecule has 0 N–H and O–H groups in total. The number of hydrogen-bond acceptors (Lipinski definition) is 2. The molecule has 2 aliphatic rings. The van der Waals surface area contributed by atoms with E-state index in [1.807, 2.05) is 60.4 Å². The third-order valence-electron chi connectivity index (χ3n) is 4.19. The number of aryl methyl sites for hydroxylation is 1. The highest BCUT2D eigenvalue weighted by Crippen LogP contribution is 2.34. The van der Waals surface area contributed by atoms with Crippen LogP contribution in [0, 0.1) is 12.8 Å². The quantitative estimate of drug-likeness (QED) is 0.836. The smallest absolute Gasteiger partial charge is 0.227 e. The number of rotatable bonds is 2. The van der Waals surface area contributed by atoms with Gasteiger partial charge >= 0.3 is 0 Å². The average Bonchev–Trinajstić information content (AvgIpc) is 3.11. The molecule has 1 fully saturated rings. The minimum atomic E-state index is 0.0706. The summed E-state index contributed by atoms with van der Waals surface area (Å²) in [6, 6.07) is 15.9. The maximum atomic E-state index is 12.3. The molecule has 2 aromatic carbocycles. The Labute approximate surface area is 129 Å². The molecule has 1 radical (unpaired) electrons. The number of aliphatic imine (C=N–C) groups is 1. The lowest BCUT2D eigenvalue weighted by molar-refractivity contribution is -0.117. The van der Waals surface area contributed by atoms with Crippen molar-refractivity contribution in [1.29, 1.82) is 0 Å². The second-order valence-corrected chi connectivity index (χ2v) is 5.81. The summed E-state index contributed by atoms with van der Waals surface area (Å²) in [5.74, 6) is 0.994. The number of fused-ring (bicyclic) bond motifs is 1. The zero-order valence-corrected chi connectivity index (χ0v) is 12.4. The number of anilines is 1. The summed E-state index contributed by atoms with van der Waals surface area (Å²) in [4.78, 5) is 18.7. The predicted octanol–water partition coefficient (Wildman–Crippen LogP) is 3.33. The number of amides is 1. The van der Waals surface area contributed by atoms with Crippen LogP contribution >= 0.6 is 0 Å². The van der Waals surface area contributed by atoms with Crippen LogP contribution in [0.15, 0.2) is 53.5 Å². The van der Waals surface area contributed by atoms with Gasteiger partial charge in [-0.2, -0.15) is 0 Å². The maximum Gasteiger partial charge on any atom is 0.227 e. The van der Waals surface area contributed by atoms with E-state index in [0.29, 0.717) is 13.0 Å². The minimum absolute atomic E-state index is 0.0706. The van der Waals surface area contributed by atoms with E-state index < -0.39 is 0 Å². The second-order valence-electron chi connectivity index (χ2n) is 5.81. The van der Waals surface area contributed by atoms with Gasteiger partial charge in [-0.3, -0.25) is 4.79 Å². The Balaban J connectivity index is 1.55. The number of carbonyl (C=O) groups is 1. The van der Waals surface area contributed by atoms with Crippen LogP contribution in [-0.4, -0.2) is 18.3 Å². The fourth-order valence-corrected chi connectivity index (χ4v) is 2.96. The van der Waals surface area contributed by atoms with Crippen LogP contribution in [0.1, 0.15) is 12.0 Å². The molecule has 0 aromatic heterocycles. The lowest BCUT2D eigenvalue weighted by atomic mass is 10.1. The van der Waals surface area contributed by atoms with Crippen LogP contribution in [0.2, 0.25) is 0 Å². The van der Waals surface area contributed by atoms with Crippen LogP contribution in [0.5, 0.6) is 0 Å². The van der Waals surface area contributed by atoms with Crippen molar-refractivity contribution in [2.24, 2.45) is 10.9 Å². The zero-order chi connectivity index (χ0) is 15.1. The highest BCUT2D eigenvalue weighted by Gasteiger charge is 2.36. The predicted molar refractivity (Wildman–Crippen MR) is 87.0 cm³/mol. The van der Waals surface area contributed by atoms with Crippen LogP contribution in [-0.2, 0) is 4.79 Å². The molecule has 0 saturated carbocycles. The maximum absolute atomic E-state index is 12.3. The van der Waals surface area contributed by atoms with Gasteiger partial charge in [0.15, 0.2) is 0 Å². The van der Waals surface area contributed by atoms with Crippen molar-refractivity contribution in [3.05, 3.63) is 54.1 Å². The van der Waals surface area contributed by atoms with Crippen molar-refractivity contribution in [2.75, 3.05) is 11.4 Å². The Morgan fingerprint density at radius 3 is 2.50 bits per heavy atom. The van der Waals surface area contributed by atoms with E-state index in [0.717, 1.165) is 22.9 Å². The van der Waals surface area contributed by atoms with Gasteiger partial charge in [-0.25, -0.2) is 10.3 Å². The summed E-state index contributed by atoms with van der Waals surface area (Å²) in [6.45, 7) is 2.69. The molecule has 1 saturated heterocycles. The Morgan fingerprint density at radius 2 is 1.77 bits per heavy atom. The first kappa shape index (κ1) is 13.1. The van der Waals surface area contributed by atoms with Gasteiger partial charge in [0.2, 0.25) is 5.91 Å². The topological polar surface area (TPSA) is 46.8 Å². The molecule has 22 heavy (non-hydrogen) atoms. The minimum Gasteiger partial charge on any atom is -0.312 e. The fraction of sp³-hybridized carbons (Fsp3) is 0.222. The largest absolute Gasteiger partial charge is 0.312 e. The average molecular weight is 290 g/mol. The van der Waals surface area contributed by atoms with Crippen molar-refractivity contribution >= 4 is 28.8 Å². The second kappa shape index (κ2) is 4.98. The molecule has 0 aliphatic carbocycles. The summed E-state index contributed by atoms with van der Waals surface area (Å²) >= 11 is 0. The van der Waals surface area contributed by atoms with Gasteiger partial charge < -0.3 is 4.90 Å². The van der Waals surface area contributed by atoms with E-state index in [1.54, 1.807) is 0 Å². The van der Waals surface area contributed by atoms with E-state index in [4.69, 9.17) is 0 Å². The van der Waals surface area contributed by atoms with Crippen molar-refractivity contribution < 1.29 is 4.79 Å². The van der Waals surface area contributed by atoms with Gasteiger partial charge in [-0.1, -0.05) is 29.8 Å². The highest BCUT2D eigenvalue weighted by molar-refractivity contribution is 6.05. The molecule has 4 heteroatoms. The molecular weight excluding hydrogens is 274 g/mol. The summed E-state index contributed by atoms with van der Waals surface area (Å²) < 4.78 is 0. The SMILES string of the molecule is Cc1ccc(N2CC(C3=Nc4ccccc4[N]3)CC2=O)cc1. The van der Waals surface area contributed by atoms with Crippen molar-refractivity contribution in [3.63, 3.8) is 0 Å². The Morgan fingerprint density at radius 1 is 1.05 bits per heavy atom. The van der Waals surface area contributed by atoms with Crippen molar-refractivity contribution in [1.82, 2.24) is 5.32 Å². The van der Waals surface area contributed by atoms with Crippen LogP contribution in [0.25, 0.3) is 0 Å². The first-order chi connectivity index (χ1) is 10.7. The Bertz CT molecular complexity index is 764. The molecule has 0 bridgehead atoms. The molecule has 0 spiro atoms. The molecule has 2 heterocycles. The van der Waals surface area contributed by atoms with Crippen LogP contribution < -0.4 is 10.2 Å². The molecule has 1 unspecified atom stereocenters. The molecule has 4 nitrogen and oxygen atoms in total. The fourth-order valence-electron chi connectivity index (χ4n) is 2.96. The van der Waals surface area contributed by atoms with Gasteiger partial charge in [0.1, 0.15) is 5.84 Å². The number of para-hydroxylation sites is 2. The molecule has 1 amide bonds. The summed E-state index contributed by atoms with van der Waals surface area (Å²) in [5, 5.41) is 4.58. The number of benzene rings is 2. The standard InChI is InChI=1S/C18H16N3O/c1-12-6-8-14(9-7-12)21-11-13(10-17(21)22)18-19-15-4-2-3-5-16(15)20-18/h2-9,13H,10-11H2,1H3. The van der Waals surface area contributed by atoms with Crippen LogP contribution in [0.4, 0.5) is 17.1 Å². The molecule has 2 aromatic rings. The van der Waals surface area contributed by atoms with E-state index in [-0.39, 0.29) is 11.8 Å². The first-order valence-corrected chi connectivity index (χ1v) is 7.47. The van der Waals surface area contributed by atoms with E-state index in [9.17, 15) is 4.79 Å². The molecular formula is C18H16N3O. The number of nitrogens with zero attached hydrogens (tertiary/aromatic N) is 3. The molecule has 1 atom stereocenters. The lowest BCUT2D eigenvalue weighted by Crippen LogP contribution is -2.27. The van der Waals surface area contributed by atoms with Crippen molar-refractivity contribution in [2.45, 2.75) is 13.3 Å². The Hall–Kier alpha value is -2.62. The molecule has 2 aliphatic heterocycles. The van der Waals surface area contributed by atoms with Gasteiger partial charge in [0.25, 0.3) is 0 Å². The van der Waals surface area contributed by atoms with E-state index in [1.165, 1.54) is 5.56 Å². The van der Waals surface area contributed by atoms with Crippen LogP contribution in [0.3, 0.4) is 0 Å². The Kier molecular flexibility index (Phi) is 2.96. The lowest BCUT2D eigenvalue weighted by Gasteiger charge is -2.16. The zero-order valence-electron chi connectivity index (χ0n) is 12.4. The molecule has 4 rings (SSSR count). The molecule has 109 valence electrons. The normalized spacial score (nSPS) is 19.9. The number of carbonyl (C=O) groups excluding carboxylic acids is 1. The third-order valence-corrected chi connectivity index (χ3v) is 4.19.